The Hall–Kier alpha value is -3.65. The molecule has 1 aliphatic carbocycles. The highest BCUT2D eigenvalue weighted by atomic mass is 19.1. The summed E-state index contributed by atoms with van der Waals surface area (Å²) in [5, 5.41) is 22.6. The molecule has 1 saturated carbocycles. The van der Waals surface area contributed by atoms with Crippen LogP contribution in [-0.2, 0) is 6.54 Å². The van der Waals surface area contributed by atoms with E-state index in [-0.39, 0.29) is 22.9 Å². The molecule has 0 bridgehead atoms. The van der Waals surface area contributed by atoms with E-state index in [9.17, 15) is 14.3 Å². The molecule has 1 fully saturated rings. The van der Waals surface area contributed by atoms with Crippen LogP contribution < -0.4 is 21.3 Å². The van der Waals surface area contributed by atoms with Crippen molar-refractivity contribution in [3.63, 3.8) is 0 Å². The van der Waals surface area contributed by atoms with Gasteiger partial charge < -0.3 is 26.4 Å². The van der Waals surface area contributed by atoms with Crippen LogP contribution >= 0.6 is 0 Å². The van der Waals surface area contributed by atoms with Crippen LogP contribution in [0.1, 0.15) is 40.7 Å². The number of aryl methyl sites for hydroxylation is 1. The van der Waals surface area contributed by atoms with E-state index in [1.165, 1.54) is 37.6 Å². The summed E-state index contributed by atoms with van der Waals surface area (Å²) in [7, 11) is 0. The Bertz CT molecular complexity index is 1210. The van der Waals surface area contributed by atoms with Crippen LogP contribution in [0.15, 0.2) is 42.6 Å². The van der Waals surface area contributed by atoms with Crippen LogP contribution in [0.4, 0.5) is 33.0 Å². The summed E-state index contributed by atoms with van der Waals surface area (Å²) in [4.78, 5) is 17.4. The summed E-state index contributed by atoms with van der Waals surface area (Å²) in [5.41, 5.74) is 3.60. The van der Waals surface area contributed by atoms with Crippen LogP contribution in [-0.4, -0.2) is 22.0 Å². The number of aromatic nitrogens is 1. The third-order valence-electron chi connectivity index (χ3n) is 6.02. The van der Waals surface area contributed by atoms with Crippen LogP contribution in [0.5, 0.6) is 5.75 Å². The zero-order valence-electron chi connectivity index (χ0n) is 17.6. The van der Waals surface area contributed by atoms with Gasteiger partial charge in [0.25, 0.3) is 5.91 Å². The molecule has 0 saturated heterocycles. The number of anilines is 5. The number of hydrogen-bond acceptors (Lipinski definition) is 6. The molecular formula is C24H24FN5O2. The van der Waals surface area contributed by atoms with Crippen molar-refractivity contribution in [3.8, 4) is 5.75 Å². The van der Waals surface area contributed by atoms with E-state index in [1.807, 2.05) is 18.2 Å². The number of benzene rings is 2. The van der Waals surface area contributed by atoms with E-state index >= 15 is 0 Å². The summed E-state index contributed by atoms with van der Waals surface area (Å²) in [6.07, 6.45) is 5.23. The van der Waals surface area contributed by atoms with Gasteiger partial charge in [-0.05, 0) is 55.2 Å². The maximum absolute atomic E-state index is 14.4. The molecule has 2 aromatic carbocycles. The number of carbonyl (C=O) groups excluding carboxylic acids is 1. The first-order valence-electron chi connectivity index (χ1n) is 10.7. The normalized spacial score (nSPS) is 15.0. The van der Waals surface area contributed by atoms with E-state index in [0.717, 1.165) is 17.8 Å². The van der Waals surface area contributed by atoms with Gasteiger partial charge in [-0.2, -0.15) is 0 Å². The number of phenols is 1. The van der Waals surface area contributed by atoms with Gasteiger partial charge in [0.05, 0.1) is 22.7 Å². The third-order valence-corrected chi connectivity index (χ3v) is 6.02. The lowest BCUT2D eigenvalue weighted by atomic mass is 9.93. The molecule has 7 nitrogen and oxygen atoms in total. The van der Waals surface area contributed by atoms with E-state index in [2.05, 4.69) is 26.3 Å². The fourth-order valence-electron chi connectivity index (χ4n) is 3.89. The quantitative estimate of drug-likeness (QED) is 0.391. The molecule has 2 aliphatic rings. The van der Waals surface area contributed by atoms with Crippen LogP contribution in [0.3, 0.4) is 0 Å². The molecule has 1 aromatic heterocycles. The molecule has 8 heteroatoms. The minimum Gasteiger partial charge on any atom is -0.508 e. The molecule has 2 heterocycles. The Morgan fingerprint density at radius 2 is 1.97 bits per heavy atom. The molecule has 32 heavy (non-hydrogen) atoms. The molecule has 3 aromatic rings. The number of amides is 1. The van der Waals surface area contributed by atoms with Crippen molar-refractivity contribution >= 4 is 34.5 Å². The monoisotopic (exact) mass is 433 g/mol. The van der Waals surface area contributed by atoms with Crippen molar-refractivity contribution in [2.24, 2.45) is 0 Å². The number of phenolic OH excluding ortho intramolecular Hbond substituents is 1. The van der Waals surface area contributed by atoms with Gasteiger partial charge in [0.15, 0.2) is 0 Å². The van der Waals surface area contributed by atoms with Gasteiger partial charge in [-0.1, -0.05) is 12.5 Å². The first-order valence-corrected chi connectivity index (χ1v) is 10.7. The van der Waals surface area contributed by atoms with Gasteiger partial charge in [-0.25, -0.2) is 9.37 Å². The van der Waals surface area contributed by atoms with E-state index in [1.54, 1.807) is 13.0 Å². The van der Waals surface area contributed by atoms with Crippen LogP contribution in [0.25, 0.3) is 0 Å². The topological polar surface area (TPSA) is 98.3 Å². The highest BCUT2D eigenvalue weighted by Crippen LogP contribution is 2.36. The summed E-state index contributed by atoms with van der Waals surface area (Å²) >= 11 is 0. The number of hydrogen-bond donors (Lipinski definition) is 5. The lowest BCUT2D eigenvalue weighted by Crippen LogP contribution is -2.34. The Labute approximate surface area is 185 Å². The van der Waals surface area contributed by atoms with Crippen molar-refractivity contribution in [2.45, 2.75) is 38.8 Å². The zero-order chi connectivity index (χ0) is 22.2. The highest BCUT2D eigenvalue weighted by molar-refractivity contribution is 6.15. The Morgan fingerprint density at radius 3 is 2.75 bits per heavy atom. The fraction of sp³-hybridized carbons (Fsp3) is 0.250. The minimum atomic E-state index is -0.528. The number of nitrogens with zero attached hydrogens (tertiary/aromatic N) is 1. The average Bonchev–Trinajstić information content (AvgIpc) is 2.86. The molecular weight excluding hydrogens is 409 g/mol. The first-order chi connectivity index (χ1) is 15.5. The fourth-order valence-corrected chi connectivity index (χ4v) is 3.89. The summed E-state index contributed by atoms with van der Waals surface area (Å²) in [6.45, 7) is 2.35. The molecule has 0 radical (unpaired) electrons. The molecule has 0 spiro atoms. The summed E-state index contributed by atoms with van der Waals surface area (Å²) in [6, 6.07) is 10.6. The number of carbonyl (C=O) groups is 1. The summed E-state index contributed by atoms with van der Waals surface area (Å²) in [5.74, 6) is -0.558. The Kier molecular flexibility index (Phi) is 5.14. The van der Waals surface area contributed by atoms with Crippen molar-refractivity contribution in [2.75, 3.05) is 16.0 Å². The van der Waals surface area contributed by atoms with Crippen molar-refractivity contribution in [1.82, 2.24) is 10.3 Å². The number of halogens is 1. The predicted molar refractivity (Wildman–Crippen MR) is 122 cm³/mol. The van der Waals surface area contributed by atoms with Crippen LogP contribution in [0.2, 0.25) is 0 Å². The summed E-state index contributed by atoms with van der Waals surface area (Å²) < 4.78 is 14.4. The number of pyridine rings is 1. The second-order valence-corrected chi connectivity index (χ2v) is 8.29. The molecule has 0 atom stereocenters. The third kappa shape index (κ3) is 3.85. The lowest BCUT2D eigenvalue weighted by Gasteiger charge is -2.26. The van der Waals surface area contributed by atoms with Gasteiger partial charge in [0, 0.05) is 24.8 Å². The predicted octanol–water partition coefficient (Wildman–Crippen LogP) is 4.93. The lowest BCUT2D eigenvalue weighted by molar-refractivity contribution is 0.102. The second-order valence-electron chi connectivity index (χ2n) is 8.29. The minimum absolute atomic E-state index is 0.0351. The largest absolute Gasteiger partial charge is 0.508 e. The van der Waals surface area contributed by atoms with Gasteiger partial charge in [-0.3, -0.25) is 4.79 Å². The van der Waals surface area contributed by atoms with Gasteiger partial charge in [-0.15, -0.1) is 0 Å². The Morgan fingerprint density at radius 1 is 1.12 bits per heavy atom. The van der Waals surface area contributed by atoms with Gasteiger partial charge >= 0.3 is 0 Å². The van der Waals surface area contributed by atoms with Crippen molar-refractivity contribution in [3.05, 3.63) is 65.1 Å². The van der Waals surface area contributed by atoms with E-state index < -0.39 is 5.82 Å². The molecule has 1 amide bonds. The zero-order valence-corrected chi connectivity index (χ0v) is 17.6. The molecule has 0 unspecified atom stereocenters. The van der Waals surface area contributed by atoms with Crippen molar-refractivity contribution < 1.29 is 14.3 Å². The number of aromatic hydroxyl groups is 1. The smallest absolute Gasteiger partial charge is 0.261 e. The van der Waals surface area contributed by atoms with Crippen molar-refractivity contribution in [1.29, 1.82) is 0 Å². The van der Waals surface area contributed by atoms with E-state index in [4.69, 9.17) is 0 Å². The number of rotatable bonds is 5. The maximum atomic E-state index is 14.4. The first kappa shape index (κ1) is 20.3. The highest BCUT2D eigenvalue weighted by Gasteiger charge is 2.24. The number of fused-ring (bicyclic) bond motifs is 2. The molecule has 5 rings (SSSR count). The molecule has 164 valence electrons. The Balaban J connectivity index is 1.43. The standard InChI is InChI=1S/C24H24FN5O2/c1-13-9-16(25)19(11-21(13)31)28-18-7-8-26-23-22(18)24(32)30-20-10-14(5-6-17(20)29-23)12-27-15-3-2-4-15/h5-11,15,27,31H,2-4,12H2,1H3,(H,30,32)(H2,26,28,29). The van der Waals surface area contributed by atoms with Crippen LogP contribution in [0, 0.1) is 12.7 Å². The van der Waals surface area contributed by atoms with Gasteiger partial charge in [0.2, 0.25) is 0 Å². The van der Waals surface area contributed by atoms with Gasteiger partial charge in [0.1, 0.15) is 22.9 Å². The average molecular weight is 433 g/mol. The SMILES string of the molecule is Cc1cc(F)c(Nc2ccnc3c2C(=O)Nc2cc(CNC4CCC4)ccc2N3)cc1O. The molecule has 5 N–H and O–H groups in total. The maximum Gasteiger partial charge on any atom is 0.261 e. The second kappa shape index (κ2) is 8.12. The van der Waals surface area contributed by atoms with E-state index in [0.29, 0.717) is 28.8 Å². The molecule has 1 aliphatic heterocycles. The number of nitrogens with one attached hydrogen (secondary N) is 4.